The van der Waals surface area contributed by atoms with Crippen molar-refractivity contribution in [2.45, 2.75) is 58.4 Å². The predicted octanol–water partition coefficient (Wildman–Crippen LogP) is 2.64. The van der Waals surface area contributed by atoms with Gasteiger partial charge in [-0.2, -0.15) is 0 Å². The molecule has 1 aromatic heterocycles. The van der Waals surface area contributed by atoms with Gasteiger partial charge in [0.1, 0.15) is 30.3 Å². The normalized spacial score (nSPS) is 21.2. The van der Waals surface area contributed by atoms with Crippen LogP contribution >= 0.6 is 0 Å². The average Bonchev–Trinajstić information content (AvgIpc) is 2.95. The van der Waals surface area contributed by atoms with Crippen LogP contribution in [0.2, 0.25) is 0 Å². The highest BCUT2D eigenvalue weighted by molar-refractivity contribution is 5.84. The van der Waals surface area contributed by atoms with Crippen molar-refractivity contribution in [3.63, 3.8) is 0 Å². The van der Waals surface area contributed by atoms with Crippen LogP contribution in [0, 0.1) is 0 Å². The molecular weight excluding hydrogens is 584 g/mol. The molecule has 14 heteroatoms. The maximum Gasteiger partial charge on any atom is 0.303 e. The molecule has 0 saturated carbocycles. The summed E-state index contributed by atoms with van der Waals surface area (Å²) in [5, 5.41) is 9.73. The van der Waals surface area contributed by atoms with Crippen molar-refractivity contribution in [1.29, 1.82) is 0 Å². The SMILES string of the molecule is COc1cc2c(=O)c(-c3ccc(O)cc3)coc2cc1O[C@@H]1O[C@H](COC(C)=O)[C@@H](OC(C)=O)[C@H](OC(C)=O)[C@H]1OC(C)=O. The van der Waals surface area contributed by atoms with Gasteiger partial charge in [-0.05, 0) is 23.8 Å². The number of aromatic hydroxyl groups is 1. The van der Waals surface area contributed by atoms with E-state index in [1.807, 2.05) is 0 Å². The zero-order valence-corrected chi connectivity index (χ0v) is 24.4. The Bertz CT molecular complexity index is 1610. The van der Waals surface area contributed by atoms with Crippen LogP contribution in [0.5, 0.6) is 17.2 Å². The first-order valence-corrected chi connectivity index (χ1v) is 13.3. The van der Waals surface area contributed by atoms with Gasteiger partial charge in [-0.1, -0.05) is 12.1 Å². The van der Waals surface area contributed by atoms with Gasteiger partial charge in [-0.15, -0.1) is 0 Å². The first-order chi connectivity index (χ1) is 20.9. The van der Waals surface area contributed by atoms with Crippen molar-refractivity contribution in [1.82, 2.24) is 0 Å². The quantitative estimate of drug-likeness (QED) is 0.274. The van der Waals surface area contributed by atoms with Gasteiger partial charge < -0.3 is 42.7 Å². The van der Waals surface area contributed by atoms with Crippen LogP contribution in [0.4, 0.5) is 0 Å². The molecule has 14 nitrogen and oxygen atoms in total. The number of esters is 4. The number of ether oxygens (including phenoxy) is 7. The second-order valence-corrected chi connectivity index (χ2v) is 9.71. The Morgan fingerprint density at radius 2 is 1.43 bits per heavy atom. The molecule has 1 aliphatic rings. The maximum atomic E-state index is 13.4. The number of carbonyl (C=O) groups excluding carboxylic acids is 4. The molecule has 1 saturated heterocycles. The van der Waals surface area contributed by atoms with Crippen LogP contribution < -0.4 is 14.9 Å². The van der Waals surface area contributed by atoms with Crippen LogP contribution in [-0.4, -0.2) is 73.4 Å². The van der Waals surface area contributed by atoms with Crippen LogP contribution in [0.15, 0.2) is 51.9 Å². The van der Waals surface area contributed by atoms with Crippen molar-refractivity contribution < 1.29 is 61.9 Å². The summed E-state index contributed by atoms with van der Waals surface area (Å²) >= 11 is 0. The Hall–Kier alpha value is -5.11. The van der Waals surface area contributed by atoms with Gasteiger partial charge in [-0.25, -0.2) is 0 Å². The van der Waals surface area contributed by atoms with E-state index in [1.54, 1.807) is 12.1 Å². The third kappa shape index (κ3) is 7.26. The monoisotopic (exact) mass is 614 g/mol. The molecule has 0 unspecified atom stereocenters. The Kier molecular flexibility index (Phi) is 9.73. The van der Waals surface area contributed by atoms with Gasteiger partial charge in [0, 0.05) is 33.8 Å². The molecular formula is C30H30O14. The summed E-state index contributed by atoms with van der Waals surface area (Å²) < 4.78 is 44.6. The minimum absolute atomic E-state index is 0.0265. The second kappa shape index (κ2) is 13.5. The van der Waals surface area contributed by atoms with E-state index < -0.39 is 66.6 Å². The number of phenols is 1. The number of hydrogen-bond donors (Lipinski definition) is 1. The minimum atomic E-state index is -1.54. The fraction of sp³-hybridized carbons (Fsp3) is 0.367. The fourth-order valence-electron chi connectivity index (χ4n) is 4.64. The topological polar surface area (TPSA) is 183 Å². The van der Waals surface area contributed by atoms with Gasteiger partial charge in [0.25, 0.3) is 0 Å². The molecule has 0 amide bonds. The van der Waals surface area contributed by atoms with E-state index in [0.29, 0.717) is 5.56 Å². The molecule has 1 N–H and O–H groups in total. The van der Waals surface area contributed by atoms with Gasteiger partial charge in [0.15, 0.2) is 23.7 Å². The molecule has 0 aliphatic carbocycles. The molecule has 4 rings (SSSR count). The highest BCUT2D eigenvalue weighted by Gasteiger charge is 2.53. The summed E-state index contributed by atoms with van der Waals surface area (Å²) in [5.41, 5.74) is 0.441. The Morgan fingerprint density at radius 1 is 0.818 bits per heavy atom. The molecule has 0 spiro atoms. The summed E-state index contributed by atoms with van der Waals surface area (Å²) in [6.45, 7) is 4.02. The average molecular weight is 615 g/mol. The molecule has 5 atom stereocenters. The number of benzene rings is 2. The van der Waals surface area contributed by atoms with Gasteiger partial charge >= 0.3 is 23.9 Å². The van der Waals surface area contributed by atoms with Crippen molar-refractivity contribution in [2.24, 2.45) is 0 Å². The zero-order chi connectivity index (χ0) is 32.1. The largest absolute Gasteiger partial charge is 0.508 e. The number of rotatable bonds is 9. The van der Waals surface area contributed by atoms with Crippen LogP contribution in [0.3, 0.4) is 0 Å². The molecule has 2 aromatic carbocycles. The van der Waals surface area contributed by atoms with E-state index in [0.717, 1.165) is 27.7 Å². The number of fused-ring (bicyclic) bond motifs is 1. The van der Waals surface area contributed by atoms with E-state index >= 15 is 0 Å². The minimum Gasteiger partial charge on any atom is -0.508 e. The lowest BCUT2D eigenvalue weighted by molar-refractivity contribution is -0.288. The first-order valence-electron chi connectivity index (χ1n) is 13.3. The van der Waals surface area contributed by atoms with Crippen LogP contribution in [-0.2, 0) is 42.9 Å². The lowest BCUT2D eigenvalue weighted by atomic mass is 9.98. The second-order valence-electron chi connectivity index (χ2n) is 9.71. The molecule has 0 bridgehead atoms. The van der Waals surface area contributed by atoms with Gasteiger partial charge in [0.2, 0.25) is 17.8 Å². The summed E-state index contributed by atoms with van der Waals surface area (Å²) in [6.07, 6.45) is -5.82. The fourth-order valence-corrected chi connectivity index (χ4v) is 4.64. The predicted molar refractivity (Wildman–Crippen MR) is 149 cm³/mol. The standard InChI is InChI=1S/C30H30O14/c1-14(31)38-13-25-27(40-15(2)32)28(41-16(3)33)29(42-17(4)34)30(44-25)43-24-11-22-20(10-23(24)37-5)26(36)21(12-39-22)18-6-8-19(35)9-7-18/h6-12,25,27-30,35H,13H2,1-5H3/t25-,27-,28+,29-,30-/m1/s1. The van der Waals surface area contributed by atoms with Gasteiger partial charge in [-0.3, -0.25) is 24.0 Å². The molecule has 2 heterocycles. The number of methoxy groups -OCH3 is 1. The smallest absolute Gasteiger partial charge is 0.303 e. The zero-order valence-electron chi connectivity index (χ0n) is 24.4. The highest BCUT2D eigenvalue weighted by Crippen LogP contribution is 2.37. The molecule has 234 valence electrons. The molecule has 1 fully saturated rings. The van der Waals surface area contributed by atoms with Crippen LogP contribution in [0.25, 0.3) is 22.1 Å². The van der Waals surface area contributed by atoms with E-state index in [1.165, 1.54) is 37.6 Å². The van der Waals surface area contributed by atoms with Gasteiger partial charge in [0.05, 0.1) is 18.1 Å². The number of hydrogen-bond acceptors (Lipinski definition) is 14. The Labute approximate surface area is 250 Å². The van der Waals surface area contributed by atoms with E-state index in [4.69, 9.17) is 37.6 Å². The number of carbonyl (C=O) groups is 4. The summed E-state index contributed by atoms with van der Waals surface area (Å²) in [4.78, 5) is 61.1. The van der Waals surface area contributed by atoms with E-state index in [-0.39, 0.29) is 33.8 Å². The van der Waals surface area contributed by atoms with E-state index in [9.17, 15) is 29.1 Å². The lowest BCUT2D eigenvalue weighted by Gasteiger charge is -2.43. The van der Waals surface area contributed by atoms with Crippen molar-refractivity contribution in [3.8, 4) is 28.4 Å². The molecule has 1 aliphatic heterocycles. The summed E-state index contributed by atoms with van der Waals surface area (Å²) in [5.74, 6) is -2.99. The number of phenolic OH excluding ortho intramolecular Hbond substituents is 1. The van der Waals surface area contributed by atoms with Crippen molar-refractivity contribution >= 4 is 34.8 Å². The first kappa shape index (κ1) is 31.8. The highest BCUT2D eigenvalue weighted by atomic mass is 16.7. The summed E-state index contributed by atoms with van der Waals surface area (Å²) in [7, 11) is 1.33. The molecule has 3 aromatic rings. The van der Waals surface area contributed by atoms with Crippen molar-refractivity contribution in [3.05, 3.63) is 52.9 Å². The Balaban J connectivity index is 1.77. The lowest BCUT2D eigenvalue weighted by Crippen LogP contribution is -2.63. The molecule has 44 heavy (non-hydrogen) atoms. The van der Waals surface area contributed by atoms with Crippen LogP contribution in [0.1, 0.15) is 27.7 Å². The Morgan fingerprint density at radius 3 is 2.02 bits per heavy atom. The maximum absolute atomic E-state index is 13.4. The third-order valence-electron chi connectivity index (χ3n) is 6.43. The van der Waals surface area contributed by atoms with Crippen molar-refractivity contribution in [2.75, 3.05) is 13.7 Å². The summed E-state index contributed by atoms with van der Waals surface area (Å²) in [6, 6.07) is 8.73. The third-order valence-corrected chi connectivity index (χ3v) is 6.43. The molecule has 0 radical (unpaired) electrons. The van der Waals surface area contributed by atoms with E-state index in [2.05, 4.69) is 0 Å².